The van der Waals surface area contributed by atoms with Crippen molar-refractivity contribution < 1.29 is 32.3 Å². The molecular formula is C16H21ClN2O7S. The van der Waals surface area contributed by atoms with Gasteiger partial charge in [-0.25, -0.2) is 23.1 Å². The molecule has 0 heterocycles. The van der Waals surface area contributed by atoms with Crippen molar-refractivity contribution in [1.82, 2.24) is 5.32 Å². The number of amides is 1. The van der Waals surface area contributed by atoms with Crippen LogP contribution in [0.3, 0.4) is 0 Å². The summed E-state index contributed by atoms with van der Waals surface area (Å²) in [5.74, 6) is -2.46. The molecular weight excluding hydrogens is 400 g/mol. The Hall–Kier alpha value is -2.17. The van der Waals surface area contributed by atoms with Gasteiger partial charge in [-0.1, -0.05) is 31.9 Å². The third kappa shape index (κ3) is 6.49. The number of rotatable bonds is 8. The molecule has 0 aliphatic heterocycles. The Morgan fingerprint density at radius 1 is 1.30 bits per heavy atom. The van der Waals surface area contributed by atoms with E-state index in [-0.39, 0.29) is 16.5 Å². The van der Waals surface area contributed by atoms with E-state index in [1.165, 1.54) is 19.2 Å². The summed E-state index contributed by atoms with van der Waals surface area (Å²) < 4.78 is 32.4. The quantitative estimate of drug-likeness (QED) is 0.593. The fourth-order valence-corrected chi connectivity index (χ4v) is 3.15. The average Bonchev–Trinajstić information content (AvgIpc) is 2.62. The smallest absolute Gasteiger partial charge is 0.338 e. The lowest BCUT2D eigenvalue weighted by Crippen LogP contribution is -2.47. The molecule has 0 unspecified atom stereocenters. The predicted octanol–water partition coefficient (Wildman–Crippen LogP) is 0.848. The summed E-state index contributed by atoms with van der Waals surface area (Å²) in [6, 6.07) is 2.48. The molecule has 0 aromatic heterocycles. The van der Waals surface area contributed by atoms with Crippen LogP contribution in [-0.2, 0) is 29.1 Å². The lowest BCUT2D eigenvalue weighted by atomic mass is 9.99. The van der Waals surface area contributed by atoms with Gasteiger partial charge < -0.3 is 14.8 Å². The molecule has 27 heavy (non-hydrogen) atoms. The topological polar surface area (TPSA) is 142 Å². The number of primary sulfonamides is 1. The fraction of sp³-hybridized carbons (Fsp3) is 0.438. The van der Waals surface area contributed by atoms with E-state index in [9.17, 15) is 22.8 Å². The van der Waals surface area contributed by atoms with E-state index in [1.807, 2.05) is 6.92 Å². The van der Waals surface area contributed by atoms with Crippen molar-refractivity contribution in [2.45, 2.75) is 31.2 Å². The number of hydrogen-bond acceptors (Lipinski definition) is 7. The number of ether oxygens (including phenoxy) is 2. The highest BCUT2D eigenvalue weighted by atomic mass is 35.5. The molecule has 0 spiro atoms. The van der Waals surface area contributed by atoms with Gasteiger partial charge in [0.2, 0.25) is 10.0 Å². The average molecular weight is 421 g/mol. The summed E-state index contributed by atoms with van der Waals surface area (Å²) in [5.41, 5.74) is -0.150. The molecule has 0 radical (unpaired) electrons. The second kappa shape index (κ2) is 9.67. The monoisotopic (exact) mass is 420 g/mol. The van der Waals surface area contributed by atoms with Crippen LogP contribution in [-0.4, -0.2) is 46.0 Å². The van der Waals surface area contributed by atoms with E-state index in [0.29, 0.717) is 6.42 Å². The largest absolute Gasteiger partial charge is 0.467 e. The molecule has 3 N–H and O–H groups in total. The van der Waals surface area contributed by atoms with Crippen molar-refractivity contribution in [3.05, 3.63) is 28.8 Å². The summed E-state index contributed by atoms with van der Waals surface area (Å²) >= 11 is 5.74. The third-order valence-electron chi connectivity index (χ3n) is 3.79. The SMILES string of the molecule is CC[C@@H](C)[C@@H](NC(=O)COC(=O)c1ccc(Cl)c(S(N)(=O)=O)c1)C(=O)OC. The molecule has 1 aromatic rings. The van der Waals surface area contributed by atoms with Gasteiger partial charge in [-0.3, -0.25) is 4.79 Å². The molecule has 0 fully saturated rings. The summed E-state index contributed by atoms with van der Waals surface area (Å²) in [5, 5.41) is 7.31. The zero-order valence-corrected chi connectivity index (χ0v) is 16.6. The van der Waals surface area contributed by atoms with Gasteiger partial charge in [-0.2, -0.15) is 0 Å². The fourth-order valence-electron chi connectivity index (χ4n) is 2.07. The molecule has 0 aliphatic carbocycles. The number of nitrogens with two attached hydrogens (primary N) is 1. The Balaban J connectivity index is 2.79. The number of carbonyl (C=O) groups excluding carboxylic acids is 3. The molecule has 150 valence electrons. The maximum Gasteiger partial charge on any atom is 0.338 e. The van der Waals surface area contributed by atoms with Crippen molar-refractivity contribution in [2.75, 3.05) is 13.7 Å². The molecule has 0 bridgehead atoms. The Labute approximate surface area is 162 Å². The van der Waals surface area contributed by atoms with Gasteiger partial charge >= 0.3 is 11.9 Å². The molecule has 1 aromatic carbocycles. The lowest BCUT2D eigenvalue weighted by molar-refractivity contribution is -0.147. The van der Waals surface area contributed by atoms with Crippen LogP contribution in [0.25, 0.3) is 0 Å². The van der Waals surface area contributed by atoms with Crippen molar-refractivity contribution in [3.63, 3.8) is 0 Å². The van der Waals surface area contributed by atoms with E-state index in [1.54, 1.807) is 6.92 Å². The maximum atomic E-state index is 12.0. The van der Waals surface area contributed by atoms with E-state index in [2.05, 4.69) is 10.1 Å². The standard InChI is InChI=1S/C16H21ClN2O7S/c1-4-9(2)14(16(22)25-3)19-13(20)8-26-15(21)10-5-6-11(17)12(7-10)27(18,23)24/h5-7,9,14H,4,8H2,1-3H3,(H,19,20)(H2,18,23,24)/t9-,14-/m1/s1. The van der Waals surface area contributed by atoms with Gasteiger partial charge in [-0.15, -0.1) is 0 Å². The van der Waals surface area contributed by atoms with Crippen LogP contribution in [0.5, 0.6) is 0 Å². The zero-order chi connectivity index (χ0) is 20.8. The number of nitrogens with one attached hydrogen (secondary N) is 1. The second-order valence-electron chi connectivity index (χ2n) is 5.72. The minimum Gasteiger partial charge on any atom is -0.467 e. The molecule has 0 saturated carbocycles. The molecule has 0 saturated heterocycles. The highest BCUT2D eigenvalue weighted by molar-refractivity contribution is 7.89. The van der Waals surface area contributed by atoms with E-state index >= 15 is 0 Å². The molecule has 9 nitrogen and oxygen atoms in total. The summed E-state index contributed by atoms with van der Waals surface area (Å²) in [6.07, 6.45) is 0.612. The molecule has 2 atom stereocenters. The molecule has 1 amide bonds. The maximum absolute atomic E-state index is 12.0. The first-order valence-electron chi connectivity index (χ1n) is 7.87. The minimum absolute atomic E-state index is 0.150. The van der Waals surface area contributed by atoms with Gasteiger partial charge in [0.05, 0.1) is 17.7 Å². The first-order valence-corrected chi connectivity index (χ1v) is 9.80. The Kier molecular flexibility index (Phi) is 8.20. The lowest BCUT2D eigenvalue weighted by Gasteiger charge is -2.21. The number of methoxy groups -OCH3 is 1. The van der Waals surface area contributed by atoms with Crippen LogP contribution in [0, 0.1) is 5.92 Å². The van der Waals surface area contributed by atoms with Crippen LogP contribution in [0.1, 0.15) is 30.6 Å². The van der Waals surface area contributed by atoms with Crippen LogP contribution >= 0.6 is 11.6 Å². The van der Waals surface area contributed by atoms with Gasteiger partial charge in [-0.05, 0) is 24.1 Å². The third-order valence-corrected chi connectivity index (χ3v) is 5.18. The van der Waals surface area contributed by atoms with Crippen molar-refractivity contribution >= 4 is 39.5 Å². The number of hydrogen-bond donors (Lipinski definition) is 2. The first kappa shape index (κ1) is 22.9. The van der Waals surface area contributed by atoms with Crippen molar-refractivity contribution in [3.8, 4) is 0 Å². The van der Waals surface area contributed by atoms with Crippen LogP contribution in [0.15, 0.2) is 23.1 Å². The summed E-state index contributed by atoms with van der Waals surface area (Å²) in [7, 11) is -2.93. The highest BCUT2D eigenvalue weighted by Crippen LogP contribution is 2.21. The zero-order valence-electron chi connectivity index (χ0n) is 15.0. The Morgan fingerprint density at radius 3 is 2.44 bits per heavy atom. The van der Waals surface area contributed by atoms with Crippen LogP contribution in [0.2, 0.25) is 5.02 Å². The number of carbonyl (C=O) groups is 3. The molecule has 0 aliphatic rings. The Morgan fingerprint density at radius 2 is 1.93 bits per heavy atom. The van der Waals surface area contributed by atoms with Crippen LogP contribution in [0.4, 0.5) is 0 Å². The summed E-state index contributed by atoms with van der Waals surface area (Å²) in [4.78, 5) is 35.3. The number of halogens is 1. The highest BCUT2D eigenvalue weighted by Gasteiger charge is 2.27. The minimum atomic E-state index is -4.13. The first-order chi connectivity index (χ1) is 12.5. The molecule has 1 rings (SSSR count). The number of benzene rings is 1. The predicted molar refractivity (Wildman–Crippen MR) is 96.5 cm³/mol. The van der Waals surface area contributed by atoms with Gasteiger partial charge in [0.25, 0.3) is 5.91 Å². The van der Waals surface area contributed by atoms with Crippen molar-refractivity contribution in [1.29, 1.82) is 0 Å². The Bertz CT molecular complexity index is 826. The van der Waals surface area contributed by atoms with Crippen molar-refractivity contribution in [2.24, 2.45) is 11.1 Å². The van der Waals surface area contributed by atoms with Gasteiger partial charge in [0.15, 0.2) is 6.61 Å². The molecule has 11 heteroatoms. The number of esters is 2. The van der Waals surface area contributed by atoms with Gasteiger partial charge in [0.1, 0.15) is 10.9 Å². The van der Waals surface area contributed by atoms with E-state index in [0.717, 1.165) is 6.07 Å². The normalized spacial score (nSPS) is 13.4. The summed E-state index contributed by atoms with van der Waals surface area (Å²) in [6.45, 7) is 2.93. The second-order valence-corrected chi connectivity index (χ2v) is 7.66. The van der Waals surface area contributed by atoms with Crippen LogP contribution < -0.4 is 10.5 Å². The van der Waals surface area contributed by atoms with E-state index < -0.39 is 45.4 Å². The number of sulfonamides is 1. The van der Waals surface area contributed by atoms with E-state index in [4.69, 9.17) is 21.5 Å². The van der Waals surface area contributed by atoms with Gasteiger partial charge in [0, 0.05) is 0 Å².